The van der Waals surface area contributed by atoms with Crippen molar-refractivity contribution < 1.29 is 13.5 Å². The highest BCUT2D eigenvalue weighted by Gasteiger charge is 2.13. The molecule has 0 atom stereocenters. The van der Waals surface area contributed by atoms with Crippen LogP contribution in [-0.2, 0) is 0 Å². The van der Waals surface area contributed by atoms with Gasteiger partial charge in [0.05, 0.1) is 12.8 Å². The number of methoxy groups -OCH3 is 1. The molecule has 7 heteroatoms. The van der Waals surface area contributed by atoms with Crippen molar-refractivity contribution in [1.82, 2.24) is 4.98 Å². The third-order valence-electron chi connectivity index (χ3n) is 2.69. The van der Waals surface area contributed by atoms with Crippen molar-refractivity contribution in [3.05, 3.63) is 40.4 Å². The van der Waals surface area contributed by atoms with Crippen LogP contribution in [0.3, 0.4) is 0 Å². The second-order valence-electron chi connectivity index (χ2n) is 4.11. The lowest BCUT2D eigenvalue weighted by Gasteiger charge is -2.13. The fraction of sp³-hybridized carbons (Fsp3) is 0.154. The molecular weight excluding hydrogens is 288 g/mol. The van der Waals surface area contributed by atoms with Gasteiger partial charge in [-0.15, -0.1) is 0 Å². The third-order valence-corrected chi connectivity index (χ3v) is 3.10. The smallest absolute Gasteiger partial charge is 0.169 e. The molecule has 2 aromatic rings. The summed E-state index contributed by atoms with van der Waals surface area (Å²) in [7, 11) is 1.45. The molecule has 0 unspecified atom stereocenters. The second kappa shape index (κ2) is 5.50. The Kier molecular flexibility index (Phi) is 3.94. The van der Waals surface area contributed by atoms with Crippen molar-refractivity contribution in [2.24, 2.45) is 0 Å². The molecule has 2 rings (SSSR count). The average Bonchev–Trinajstić information content (AvgIpc) is 2.39. The van der Waals surface area contributed by atoms with Gasteiger partial charge in [0.1, 0.15) is 5.75 Å². The van der Waals surface area contributed by atoms with E-state index < -0.39 is 17.5 Å². The minimum atomic E-state index is -0.910. The van der Waals surface area contributed by atoms with Crippen LogP contribution >= 0.6 is 11.6 Å². The molecule has 0 saturated carbocycles. The number of hydrogen-bond donors (Lipinski definition) is 2. The fourth-order valence-electron chi connectivity index (χ4n) is 1.63. The second-order valence-corrected chi connectivity index (χ2v) is 4.52. The maximum Gasteiger partial charge on any atom is 0.169 e. The molecule has 0 aliphatic carbocycles. The summed E-state index contributed by atoms with van der Waals surface area (Å²) in [6, 6.07) is 3.92. The summed E-state index contributed by atoms with van der Waals surface area (Å²) in [4.78, 5) is 3.62. The molecule has 0 bridgehead atoms. The summed E-state index contributed by atoms with van der Waals surface area (Å²) in [6.07, 6.45) is 0. The third kappa shape index (κ3) is 2.75. The lowest BCUT2D eigenvalue weighted by Crippen LogP contribution is -2.04. The van der Waals surface area contributed by atoms with E-state index in [2.05, 4.69) is 10.3 Å². The molecule has 1 aromatic heterocycles. The molecule has 4 nitrogen and oxygen atoms in total. The molecule has 20 heavy (non-hydrogen) atoms. The molecule has 1 heterocycles. The number of hydrogen-bond acceptors (Lipinski definition) is 4. The largest absolute Gasteiger partial charge is 0.495 e. The van der Waals surface area contributed by atoms with Crippen molar-refractivity contribution in [3.63, 3.8) is 0 Å². The Bertz CT molecular complexity index is 665. The van der Waals surface area contributed by atoms with E-state index >= 15 is 0 Å². The summed E-state index contributed by atoms with van der Waals surface area (Å²) in [5.74, 6) is -1.94. The van der Waals surface area contributed by atoms with Gasteiger partial charge in [-0.1, -0.05) is 11.6 Å². The highest BCUT2D eigenvalue weighted by atomic mass is 35.5. The SMILES string of the molecule is COc1cc(Cl)c(C)cc1Nc1nc(N)c(F)cc1F. The number of rotatable bonds is 3. The van der Waals surface area contributed by atoms with Crippen LogP contribution in [0.15, 0.2) is 18.2 Å². The monoisotopic (exact) mass is 299 g/mol. The van der Waals surface area contributed by atoms with E-state index in [1.807, 2.05) is 0 Å². The zero-order valence-corrected chi connectivity index (χ0v) is 11.6. The van der Waals surface area contributed by atoms with Gasteiger partial charge >= 0.3 is 0 Å². The van der Waals surface area contributed by atoms with Crippen LogP contribution in [0.4, 0.5) is 26.1 Å². The standard InChI is InChI=1S/C13H12ClF2N3O/c1-6-3-10(11(20-2)4-7(6)14)18-13-9(16)5-8(15)12(17)19-13/h3-5H,1-2H3,(H3,17,18,19). The molecule has 106 valence electrons. The number of anilines is 3. The summed E-state index contributed by atoms with van der Waals surface area (Å²) in [6.45, 7) is 1.79. The first-order valence-electron chi connectivity index (χ1n) is 5.65. The average molecular weight is 300 g/mol. The number of halogens is 3. The number of nitrogens with two attached hydrogens (primary N) is 1. The highest BCUT2D eigenvalue weighted by Crippen LogP contribution is 2.33. The van der Waals surface area contributed by atoms with Crippen molar-refractivity contribution >= 4 is 28.9 Å². The Morgan fingerprint density at radius 1 is 1.25 bits per heavy atom. The van der Waals surface area contributed by atoms with Crippen LogP contribution in [0.5, 0.6) is 5.75 Å². The number of aromatic nitrogens is 1. The Labute approximate surface area is 119 Å². The van der Waals surface area contributed by atoms with Gasteiger partial charge < -0.3 is 15.8 Å². The van der Waals surface area contributed by atoms with Crippen molar-refractivity contribution in [2.75, 3.05) is 18.2 Å². The molecule has 0 aliphatic heterocycles. The van der Waals surface area contributed by atoms with Crippen LogP contribution in [0.1, 0.15) is 5.56 Å². The highest BCUT2D eigenvalue weighted by molar-refractivity contribution is 6.31. The molecular formula is C13H12ClF2N3O. The van der Waals surface area contributed by atoms with E-state index in [0.29, 0.717) is 22.5 Å². The predicted octanol–water partition coefficient (Wildman–Crippen LogP) is 3.66. The first kappa shape index (κ1) is 14.3. The number of nitrogens with zero attached hydrogens (tertiary/aromatic N) is 1. The number of pyridine rings is 1. The van der Waals surface area contributed by atoms with Crippen LogP contribution in [0.25, 0.3) is 0 Å². The van der Waals surface area contributed by atoms with E-state index in [1.165, 1.54) is 7.11 Å². The molecule has 1 aromatic carbocycles. The number of benzene rings is 1. The van der Waals surface area contributed by atoms with E-state index in [1.54, 1.807) is 19.1 Å². The van der Waals surface area contributed by atoms with E-state index in [-0.39, 0.29) is 5.82 Å². The molecule has 0 spiro atoms. The number of ether oxygens (including phenoxy) is 1. The van der Waals surface area contributed by atoms with E-state index in [9.17, 15) is 8.78 Å². The molecule has 3 N–H and O–H groups in total. The molecule has 0 fully saturated rings. The molecule has 0 aliphatic rings. The van der Waals surface area contributed by atoms with E-state index in [0.717, 1.165) is 5.56 Å². The fourth-order valence-corrected chi connectivity index (χ4v) is 1.78. The quantitative estimate of drug-likeness (QED) is 0.908. The van der Waals surface area contributed by atoms with Gasteiger partial charge in [0.2, 0.25) is 0 Å². The first-order valence-corrected chi connectivity index (χ1v) is 6.03. The van der Waals surface area contributed by atoms with Crippen molar-refractivity contribution in [2.45, 2.75) is 6.92 Å². The van der Waals surface area contributed by atoms with Crippen molar-refractivity contribution in [3.8, 4) is 5.75 Å². The summed E-state index contributed by atoms with van der Waals surface area (Å²) < 4.78 is 31.9. The predicted molar refractivity (Wildman–Crippen MR) is 74.6 cm³/mol. The Hall–Kier alpha value is -2.08. The topological polar surface area (TPSA) is 60.2 Å². The summed E-state index contributed by atoms with van der Waals surface area (Å²) in [5.41, 5.74) is 6.54. The van der Waals surface area contributed by atoms with Gasteiger partial charge in [-0.3, -0.25) is 0 Å². The van der Waals surface area contributed by atoms with Crippen LogP contribution in [-0.4, -0.2) is 12.1 Å². The minimum Gasteiger partial charge on any atom is -0.495 e. The zero-order valence-electron chi connectivity index (χ0n) is 10.8. The normalized spacial score (nSPS) is 10.4. The molecule has 0 saturated heterocycles. The Morgan fingerprint density at radius 3 is 2.60 bits per heavy atom. The van der Waals surface area contributed by atoms with Gasteiger partial charge in [0.15, 0.2) is 23.3 Å². The maximum atomic E-state index is 13.6. The number of nitrogens with one attached hydrogen (secondary N) is 1. The van der Waals surface area contributed by atoms with E-state index in [4.69, 9.17) is 22.1 Å². The lowest BCUT2D eigenvalue weighted by atomic mass is 10.2. The van der Waals surface area contributed by atoms with Gasteiger partial charge in [-0.05, 0) is 18.6 Å². The summed E-state index contributed by atoms with van der Waals surface area (Å²) in [5, 5.41) is 3.22. The van der Waals surface area contributed by atoms with Gasteiger partial charge in [0.25, 0.3) is 0 Å². The van der Waals surface area contributed by atoms with Gasteiger partial charge in [-0.25, -0.2) is 13.8 Å². The van der Waals surface area contributed by atoms with Crippen LogP contribution in [0, 0.1) is 18.6 Å². The maximum absolute atomic E-state index is 13.6. The first-order chi connectivity index (χ1) is 9.42. The van der Waals surface area contributed by atoms with Gasteiger partial charge in [0, 0.05) is 17.2 Å². The van der Waals surface area contributed by atoms with Crippen LogP contribution < -0.4 is 15.8 Å². The van der Waals surface area contributed by atoms with Crippen molar-refractivity contribution in [1.29, 1.82) is 0 Å². The lowest BCUT2D eigenvalue weighted by molar-refractivity contribution is 0.416. The number of aryl methyl sites for hydroxylation is 1. The van der Waals surface area contributed by atoms with Gasteiger partial charge in [-0.2, -0.15) is 0 Å². The molecule has 0 amide bonds. The minimum absolute atomic E-state index is 0.191. The van der Waals surface area contributed by atoms with Crippen LogP contribution in [0.2, 0.25) is 5.02 Å². The Morgan fingerprint density at radius 2 is 1.95 bits per heavy atom. The summed E-state index contributed by atoms with van der Waals surface area (Å²) >= 11 is 5.98. The Balaban J connectivity index is 2.44. The zero-order chi connectivity index (χ0) is 14.9. The number of nitrogen functional groups attached to an aromatic ring is 1. The molecule has 0 radical (unpaired) electrons.